The maximum atomic E-state index is 12.0. The molecule has 0 aliphatic heterocycles. The number of rotatable bonds is 6. The summed E-state index contributed by atoms with van der Waals surface area (Å²) in [5.74, 6) is 0.468. The number of alkyl halides is 2. The largest absolute Gasteiger partial charge is 0.298 e. The van der Waals surface area contributed by atoms with Crippen molar-refractivity contribution in [2.24, 2.45) is 5.92 Å². The topological polar surface area (TPSA) is 3.24 Å². The maximum absolute atomic E-state index is 12.0. The first-order valence-electron chi connectivity index (χ1n) is 4.56. The van der Waals surface area contributed by atoms with E-state index < -0.39 is 6.43 Å². The summed E-state index contributed by atoms with van der Waals surface area (Å²) in [5, 5.41) is 0. The fraction of sp³-hybridized carbons (Fsp3) is 1.00. The number of nitrogens with zero attached hydrogens (tertiary/aromatic N) is 1. The van der Waals surface area contributed by atoms with Crippen LogP contribution in [0.4, 0.5) is 8.78 Å². The number of hydrogen-bond acceptors (Lipinski definition) is 1. The predicted octanol–water partition coefficient (Wildman–Crippen LogP) is 2.62. The molecular formula is C9H19F2N. The lowest BCUT2D eigenvalue weighted by molar-refractivity contribution is 0.0825. The highest BCUT2D eigenvalue weighted by atomic mass is 19.3. The molecule has 0 aromatic carbocycles. The zero-order chi connectivity index (χ0) is 9.56. The molecule has 0 aromatic rings. The molecule has 0 radical (unpaired) electrons. The van der Waals surface area contributed by atoms with Gasteiger partial charge in [0.1, 0.15) is 0 Å². The van der Waals surface area contributed by atoms with Gasteiger partial charge in [0.05, 0.1) is 6.54 Å². The van der Waals surface area contributed by atoms with E-state index in [0.717, 1.165) is 19.5 Å². The van der Waals surface area contributed by atoms with Crippen molar-refractivity contribution < 1.29 is 8.78 Å². The van der Waals surface area contributed by atoms with E-state index in [1.165, 1.54) is 0 Å². The zero-order valence-corrected chi connectivity index (χ0v) is 8.19. The Morgan fingerprint density at radius 2 is 1.75 bits per heavy atom. The minimum absolute atomic E-state index is 0.0774. The highest BCUT2D eigenvalue weighted by Gasteiger charge is 2.11. The molecule has 0 rings (SSSR count). The SMILES string of the molecule is CCCN(CC(C)C)CC(F)F. The van der Waals surface area contributed by atoms with Gasteiger partial charge in [0.15, 0.2) is 0 Å². The predicted molar refractivity (Wildman–Crippen MR) is 47.6 cm³/mol. The van der Waals surface area contributed by atoms with E-state index in [-0.39, 0.29) is 6.54 Å². The summed E-state index contributed by atoms with van der Waals surface area (Å²) in [7, 11) is 0. The van der Waals surface area contributed by atoms with Crippen LogP contribution in [0.2, 0.25) is 0 Å². The molecule has 0 amide bonds. The second-order valence-electron chi connectivity index (χ2n) is 3.54. The van der Waals surface area contributed by atoms with Crippen LogP contribution in [-0.2, 0) is 0 Å². The van der Waals surface area contributed by atoms with E-state index >= 15 is 0 Å². The van der Waals surface area contributed by atoms with Gasteiger partial charge in [-0.05, 0) is 18.9 Å². The van der Waals surface area contributed by atoms with Gasteiger partial charge in [-0.1, -0.05) is 20.8 Å². The first kappa shape index (κ1) is 11.8. The van der Waals surface area contributed by atoms with Gasteiger partial charge in [-0.3, -0.25) is 4.90 Å². The Morgan fingerprint density at radius 1 is 1.17 bits per heavy atom. The van der Waals surface area contributed by atoms with E-state index in [4.69, 9.17) is 0 Å². The number of hydrogen-bond donors (Lipinski definition) is 0. The van der Waals surface area contributed by atoms with Gasteiger partial charge in [-0.2, -0.15) is 0 Å². The maximum Gasteiger partial charge on any atom is 0.251 e. The van der Waals surface area contributed by atoms with Crippen molar-refractivity contribution in [3.05, 3.63) is 0 Å². The van der Waals surface area contributed by atoms with E-state index in [1.807, 2.05) is 25.7 Å². The van der Waals surface area contributed by atoms with Gasteiger partial charge in [0, 0.05) is 6.54 Å². The van der Waals surface area contributed by atoms with Gasteiger partial charge < -0.3 is 0 Å². The molecule has 0 fully saturated rings. The Kier molecular flexibility index (Phi) is 6.25. The fourth-order valence-corrected chi connectivity index (χ4v) is 1.28. The molecule has 0 aliphatic rings. The summed E-state index contributed by atoms with van der Waals surface area (Å²) in [4.78, 5) is 1.83. The molecule has 1 nitrogen and oxygen atoms in total. The van der Waals surface area contributed by atoms with Crippen LogP contribution in [0.5, 0.6) is 0 Å². The minimum atomic E-state index is -2.20. The van der Waals surface area contributed by atoms with Gasteiger partial charge in [-0.15, -0.1) is 0 Å². The zero-order valence-electron chi connectivity index (χ0n) is 8.19. The Hall–Kier alpha value is -0.180. The van der Waals surface area contributed by atoms with Crippen molar-refractivity contribution in [2.45, 2.75) is 33.6 Å². The highest BCUT2D eigenvalue weighted by Crippen LogP contribution is 2.03. The molecule has 0 heterocycles. The molecule has 0 bridgehead atoms. The minimum Gasteiger partial charge on any atom is -0.298 e. The van der Waals surface area contributed by atoms with E-state index in [1.54, 1.807) is 0 Å². The lowest BCUT2D eigenvalue weighted by atomic mass is 10.2. The molecule has 3 heteroatoms. The van der Waals surface area contributed by atoms with Crippen LogP contribution in [0.15, 0.2) is 0 Å². The molecule has 74 valence electrons. The summed E-state index contributed by atoms with van der Waals surface area (Å²) in [6, 6.07) is 0. The van der Waals surface area contributed by atoms with Crippen LogP contribution in [0.3, 0.4) is 0 Å². The van der Waals surface area contributed by atoms with Gasteiger partial charge in [-0.25, -0.2) is 8.78 Å². The molecule has 0 aromatic heterocycles. The molecule has 0 atom stereocenters. The van der Waals surface area contributed by atoms with Crippen molar-refractivity contribution >= 4 is 0 Å². The molecule has 0 saturated carbocycles. The van der Waals surface area contributed by atoms with Crippen LogP contribution >= 0.6 is 0 Å². The molecule has 12 heavy (non-hydrogen) atoms. The van der Waals surface area contributed by atoms with Crippen LogP contribution in [0.25, 0.3) is 0 Å². The average Bonchev–Trinajstić information content (AvgIpc) is 1.84. The Morgan fingerprint density at radius 3 is 2.08 bits per heavy atom. The van der Waals surface area contributed by atoms with Crippen molar-refractivity contribution in [2.75, 3.05) is 19.6 Å². The fourth-order valence-electron chi connectivity index (χ4n) is 1.28. The van der Waals surface area contributed by atoms with Crippen LogP contribution in [-0.4, -0.2) is 31.0 Å². The van der Waals surface area contributed by atoms with Crippen molar-refractivity contribution in [3.8, 4) is 0 Å². The molecule has 0 spiro atoms. The normalized spacial score (nSPS) is 12.0. The Labute approximate surface area is 73.7 Å². The summed E-state index contributed by atoms with van der Waals surface area (Å²) in [6.07, 6.45) is -1.25. The van der Waals surface area contributed by atoms with Crippen molar-refractivity contribution in [1.29, 1.82) is 0 Å². The summed E-state index contributed by atoms with van der Waals surface area (Å²) in [6.45, 7) is 7.59. The lowest BCUT2D eigenvalue weighted by Gasteiger charge is -2.22. The van der Waals surface area contributed by atoms with E-state index in [9.17, 15) is 8.78 Å². The van der Waals surface area contributed by atoms with Gasteiger partial charge >= 0.3 is 0 Å². The highest BCUT2D eigenvalue weighted by molar-refractivity contribution is 4.60. The standard InChI is InChI=1S/C9H19F2N/c1-4-5-12(6-8(2)3)7-9(10)11/h8-9H,4-7H2,1-3H3. The van der Waals surface area contributed by atoms with Gasteiger partial charge in [0.25, 0.3) is 6.43 Å². The monoisotopic (exact) mass is 179 g/mol. The van der Waals surface area contributed by atoms with E-state index in [2.05, 4.69) is 0 Å². The van der Waals surface area contributed by atoms with Crippen molar-refractivity contribution in [3.63, 3.8) is 0 Å². The summed E-state index contributed by atoms with van der Waals surface area (Å²) in [5.41, 5.74) is 0. The second kappa shape index (κ2) is 6.35. The third-order valence-corrected chi connectivity index (χ3v) is 1.56. The smallest absolute Gasteiger partial charge is 0.251 e. The first-order valence-corrected chi connectivity index (χ1v) is 4.56. The quantitative estimate of drug-likeness (QED) is 0.606. The number of halogens is 2. The lowest BCUT2D eigenvalue weighted by Crippen LogP contribution is -2.32. The molecule has 0 N–H and O–H groups in total. The third-order valence-electron chi connectivity index (χ3n) is 1.56. The van der Waals surface area contributed by atoms with Crippen LogP contribution in [0.1, 0.15) is 27.2 Å². The van der Waals surface area contributed by atoms with Crippen LogP contribution in [0, 0.1) is 5.92 Å². The Bertz CT molecular complexity index is 94.7. The third kappa shape index (κ3) is 6.53. The van der Waals surface area contributed by atoms with Crippen LogP contribution < -0.4 is 0 Å². The first-order chi connectivity index (χ1) is 5.56. The molecular weight excluding hydrogens is 160 g/mol. The Balaban J connectivity index is 3.69. The van der Waals surface area contributed by atoms with Crippen molar-refractivity contribution in [1.82, 2.24) is 4.90 Å². The summed E-state index contributed by atoms with van der Waals surface area (Å²) >= 11 is 0. The van der Waals surface area contributed by atoms with Gasteiger partial charge in [0.2, 0.25) is 0 Å². The average molecular weight is 179 g/mol. The summed E-state index contributed by atoms with van der Waals surface area (Å²) < 4.78 is 24.0. The molecule has 0 unspecified atom stereocenters. The molecule has 0 aliphatic carbocycles. The second-order valence-corrected chi connectivity index (χ2v) is 3.54. The molecule has 0 saturated heterocycles. The van der Waals surface area contributed by atoms with E-state index in [0.29, 0.717) is 5.92 Å².